The first kappa shape index (κ1) is 6.71. The maximum absolute atomic E-state index is 6.25. The Labute approximate surface area is 49.2 Å². The summed E-state index contributed by atoms with van der Waals surface area (Å²) in [5.41, 5.74) is 0. The van der Waals surface area contributed by atoms with Crippen LogP contribution in [0.3, 0.4) is 0 Å². The number of hydrogen-bond acceptors (Lipinski definition) is 1. The predicted molar refractivity (Wildman–Crippen MR) is 31.4 cm³/mol. The van der Waals surface area contributed by atoms with E-state index >= 15 is 0 Å². The molecular formula is C7H6N-. The van der Waals surface area contributed by atoms with Crippen molar-refractivity contribution in [3.8, 4) is 0 Å². The van der Waals surface area contributed by atoms with E-state index in [1.165, 1.54) is 0 Å². The van der Waals surface area contributed by atoms with Crippen molar-refractivity contribution in [3.63, 3.8) is 0 Å². The Morgan fingerprint density at radius 3 is 0.875 bits per heavy atom. The molecule has 1 aromatic rings. The number of rotatable bonds is 0. The van der Waals surface area contributed by atoms with Gasteiger partial charge in [-0.1, -0.05) is 36.4 Å². The lowest BCUT2D eigenvalue weighted by Gasteiger charge is -1.69. The van der Waals surface area contributed by atoms with Crippen molar-refractivity contribution in [1.29, 1.82) is 5.26 Å². The largest absolute Gasteiger partial charge is 0.512 e. The van der Waals surface area contributed by atoms with Crippen LogP contribution in [0.4, 0.5) is 0 Å². The first-order valence-electron chi connectivity index (χ1n) is 2.22. The first-order valence-corrected chi connectivity index (χ1v) is 2.22. The highest BCUT2D eigenvalue weighted by Crippen LogP contribution is 1.79. The number of benzene rings is 1. The van der Waals surface area contributed by atoms with Gasteiger partial charge >= 0.3 is 0 Å². The van der Waals surface area contributed by atoms with E-state index in [1.54, 1.807) is 0 Å². The lowest BCUT2D eigenvalue weighted by molar-refractivity contribution is 1.53. The second-order valence-electron chi connectivity index (χ2n) is 1.15. The molecule has 0 aliphatic carbocycles. The molecule has 0 aliphatic rings. The molecule has 0 aromatic heterocycles. The van der Waals surface area contributed by atoms with E-state index < -0.39 is 0 Å². The molecule has 1 rings (SSSR count). The Balaban J connectivity index is 0.000000222. The van der Waals surface area contributed by atoms with Crippen LogP contribution in [0.1, 0.15) is 0 Å². The maximum atomic E-state index is 6.25. The van der Waals surface area contributed by atoms with Gasteiger partial charge in [-0.25, -0.2) is 0 Å². The normalized spacial score (nSPS) is 6.25. The van der Waals surface area contributed by atoms with Crippen molar-refractivity contribution >= 4 is 0 Å². The van der Waals surface area contributed by atoms with Crippen molar-refractivity contribution in [1.82, 2.24) is 0 Å². The SMILES string of the molecule is [C-]#N.c1ccccc1. The van der Waals surface area contributed by atoms with Crippen molar-refractivity contribution in [2.45, 2.75) is 0 Å². The minimum Gasteiger partial charge on any atom is -0.512 e. The molecule has 0 bridgehead atoms. The molecule has 1 heteroatoms. The van der Waals surface area contributed by atoms with Gasteiger partial charge in [0.2, 0.25) is 0 Å². The molecule has 0 saturated carbocycles. The molecule has 0 radical (unpaired) electrons. The number of hydrogen-bond donors (Lipinski definition) is 0. The fraction of sp³-hybridized carbons (Fsp3) is 0. The van der Waals surface area contributed by atoms with E-state index in [0.717, 1.165) is 0 Å². The second kappa shape index (κ2) is 5.71. The zero-order chi connectivity index (χ0) is 6.24. The predicted octanol–water partition coefficient (Wildman–Crippen LogP) is 1.78. The van der Waals surface area contributed by atoms with E-state index in [0.29, 0.717) is 0 Å². The summed E-state index contributed by atoms with van der Waals surface area (Å²) in [5, 5.41) is 6.25. The van der Waals surface area contributed by atoms with Gasteiger partial charge in [0.15, 0.2) is 0 Å². The molecule has 0 saturated heterocycles. The number of nitrogens with zero attached hydrogens (tertiary/aromatic N) is 1. The third-order valence-electron chi connectivity index (χ3n) is 0.667. The molecule has 8 heavy (non-hydrogen) atoms. The molecular weight excluding hydrogens is 98.1 g/mol. The standard InChI is InChI=1S/C6H6.CN/c1-2-4-6-5-3-1;1-2/h1-6H;/q;-1. The minimum absolute atomic E-state index is 2.00. The average molecular weight is 104 g/mol. The molecule has 0 aliphatic heterocycles. The molecule has 0 atom stereocenters. The zero-order valence-electron chi connectivity index (χ0n) is 4.41. The highest BCUT2D eigenvalue weighted by Gasteiger charge is 1.57. The van der Waals surface area contributed by atoms with E-state index in [1.807, 2.05) is 36.4 Å². The van der Waals surface area contributed by atoms with Gasteiger partial charge in [-0.2, -0.15) is 0 Å². The van der Waals surface area contributed by atoms with E-state index in [2.05, 4.69) is 0 Å². The molecule has 0 spiro atoms. The van der Waals surface area contributed by atoms with Crippen molar-refractivity contribution in [3.05, 3.63) is 43.0 Å². The van der Waals surface area contributed by atoms with Crippen LogP contribution < -0.4 is 0 Å². The summed E-state index contributed by atoms with van der Waals surface area (Å²) >= 11 is 0. The van der Waals surface area contributed by atoms with Crippen LogP contribution in [0.2, 0.25) is 0 Å². The molecule has 0 N–H and O–H groups in total. The fourth-order valence-electron chi connectivity index (χ4n) is 0.385. The van der Waals surface area contributed by atoms with Crippen LogP contribution in [-0.2, 0) is 0 Å². The highest BCUT2D eigenvalue weighted by atomic mass is 14.2. The van der Waals surface area contributed by atoms with Gasteiger partial charge in [-0.05, 0) is 0 Å². The Hall–Kier alpha value is -1.29. The van der Waals surface area contributed by atoms with Crippen LogP contribution >= 0.6 is 0 Å². The van der Waals surface area contributed by atoms with Crippen molar-refractivity contribution in [2.75, 3.05) is 0 Å². The van der Waals surface area contributed by atoms with Crippen LogP contribution in [-0.4, -0.2) is 0 Å². The summed E-state index contributed by atoms with van der Waals surface area (Å²) in [6, 6.07) is 12.0. The fourth-order valence-corrected chi connectivity index (χ4v) is 0.385. The van der Waals surface area contributed by atoms with Crippen molar-refractivity contribution < 1.29 is 0 Å². The van der Waals surface area contributed by atoms with Gasteiger partial charge in [0.1, 0.15) is 0 Å². The van der Waals surface area contributed by atoms with Crippen molar-refractivity contribution in [2.24, 2.45) is 0 Å². The smallest absolute Gasteiger partial charge is 0.0623 e. The molecule has 1 aromatic carbocycles. The maximum Gasteiger partial charge on any atom is -0.0623 e. The lowest BCUT2D eigenvalue weighted by atomic mass is 10.4. The van der Waals surface area contributed by atoms with Gasteiger partial charge < -0.3 is 11.8 Å². The van der Waals surface area contributed by atoms with Crippen LogP contribution in [0.25, 0.3) is 0 Å². The summed E-state index contributed by atoms with van der Waals surface area (Å²) in [6.07, 6.45) is 0. The third-order valence-corrected chi connectivity index (χ3v) is 0.667. The molecule has 0 fully saturated rings. The summed E-state index contributed by atoms with van der Waals surface area (Å²) in [5.74, 6) is 0. The molecule has 0 heterocycles. The Morgan fingerprint density at radius 2 is 0.750 bits per heavy atom. The summed E-state index contributed by atoms with van der Waals surface area (Å²) in [7, 11) is 0. The van der Waals surface area contributed by atoms with Crippen LogP contribution in [0.15, 0.2) is 36.4 Å². The second-order valence-corrected chi connectivity index (χ2v) is 1.15. The minimum atomic E-state index is 2.00. The Bertz CT molecular complexity index is 105. The topological polar surface area (TPSA) is 23.8 Å². The average Bonchev–Trinajstić information content (AvgIpc) is 1.96. The van der Waals surface area contributed by atoms with Crippen LogP contribution in [0, 0.1) is 11.8 Å². The zero-order valence-corrected chi connectivity index (χ0v) is 4.41. The summed E-state index contributed by atoms with van der Waals surface area (Å²) in [6.45, 7) is 4.75. The summed E-state index contributed by atoms with van der Waals surface area (Å²) in [4.78, 5) is 0. The first-order chi connectivity index (χ1) is 4.00. The summed E-state index contributed by atoms with van der Waals surface area (Å²) < 4.78 is 0. The highest BCUT2D eigenvalue weighted by molar-refractivity contribution is 4.99. The molecule has 0 unspecified atom stereocenters. The van der Waals surface area contributed by atoms with Gasteiger partial charge in [0.25, 0.3) is 0 Å². The molecule has 40 valence electrons. The van der Waals surface area contributed by atoms with E-state index in [9.17, 15) is 0 Å². The van der Waals surface area contributed by atoms with E-state index in [4.69, 9.17) is 11.8 Å². The van der Waals surface area contributed by atoms with Gasteiger partial charge in [-0.15, -0.1) is 0 Å². The van der Waals surface area contributed by atoms with E-state index in [-0.39, 0.29) is 0 Å². The van der Waals surface area contributed by atoms with Gasteiger partial charge in [0.05, 0.1) is 0 Å². The third kappa shape index (κ3) is 2.92. The van der Waals surface area contributed by atoms with Gasteiger partial charge in [0, 0.05) is 0 Å². The van der Waals surface area contributed by atoms with Crippen LogP contribution in [0.5, 0.6) is 0 Å². The monoisotopic (exact) mass is 104 g/mol. The molecule has 0 amide bonds. The van der Waals surface area contributed by atoms with Gasteiger partial charge in [-0.3, -0.25) is 0 Å². The Morgan fingerprint density at radius 1 is 0.625 bits per heavy atom. The quantitative estimate of drug-likeness (QED) is 0.460. The lowest BCUT2D eigenvalue weighted by Crippen LogP contribution is -1.47. The molecule has 1 nitrogen and oxygen atoms in total. The Kier molecular flexibility index (Phi) is 4.79.